The fourth-order valence-corrected chi connectivity index (χ4v) is 4.84. The minimum Gasteiger partial charge on any atom is -0.357 e. The van der Waals surface area contributed by atoms with Crippen molar-refractivity contribution in [3.05, 3.63) is 70.4 Å². The largest absolute Gasteiger partial charge is 0.357 e. The van der Waals surface area contributed by atoms with Crippen LogP contribution in [0.3, 0.4) is 0 Å². The number of benzene rings is 2. The summed E-state index contributed by atoms with van der Waals surface area (Å²) in [5.41, 5.74) is 3.21. The maximum Gasteiger partial charge on any atom is 0.131 e. The first kappa shape index (κ1) is 17.4. The first-order chi connectivity index (χ1) is 12.5. The number of hydrogen-bond donors (Lipinski definition) is 1. The minimum atomic E-state index is -1.36. The van der Waals surface area contributed by atoms with Crippen LogP contribution in [0.15, 0.2) is 36.4 Å². The predicted molar refractivity (Wildman–Crippen MR) is 100 cm³/mol. The quantitative estimate of drug-likeness (QED) is 0.710. The number of halogens is 2. The molecule has 1 N–H and O–H groups in total. The average molecular weight is 374 g/mol. The van der Waals surface area contributed by atoms with Gasteiger partial charge in [0.15, 0.2) is 0 Å². The van der Waals surface area contributed by atoms with E-state index in [0.29, 0.717) is 12.1 Å². The number of rotatable bonds is 2. The molecule has 6 heteroatoms. The van der Waals surface area contributed by atoms with Crippen LogP contribution < -0.4 is 0 Å². The van der Waals surface area contributed by atoms with Crippen molar-refractivity contribution < 1.29 is 13.0 Å². The van der Waals surface area contributed by atoms with E-state index in [1.807, 2.05) is 24.3 Å². The summed E-state index contributed by atoms with van der Waals surface area (Å²) in [7, 11) is -1.36. The van der Waals surface area contributed by atoms with Gasteiger partial charge < -0.3 is 4.98 Å². The third kappa shape index (κ3) is 2.77. The summed E-state index contributed by atoms with van der Waals surface area (Å²) in [4.78, 5) is 3.35. The number of aromatic amines is 1. The standard InChI is InChI=1S/C20H20F2N2OS/c1-12-10-15(21)18(16(22)11-12)20-19-14(7-5-9-24(20)26(2)25)13-6-3-4-8-17(13)23-19/h3-4,6,8,10-11,20,23H,5,7,9H2,1-2H3. The zero-order valence-electron chi connectivity index (χ0n) is 14.7. The summed E-state index contributed by atoms with van der Waals surface area (Å²) in [6, 6.07) is 9.78. The molecular weight excluding hydrogens is 354 g/mol. The van der Waals surface area contributed by atoms with Crippen molar-refractivity contribution >= 4 is 21.9 Å². The molecule has 0 aliphatic carbocycles. The van der Waals surface area contributed by atoms with E-state index in [0.717, 1.165) is 35.0 Å². The van der Waals surface area contributed by atoms with Crippen molar-refractivity contribution in [1.29, 1.82) is 0 Å². The Morgan fingerprint density at radius 2 is 1.88 bits per heavy atom. The van der Waals surface area contributed by atoms with Crippen LogP contribution in [-0.4, -0.2) is 26.3 Å². The molecule has 3 aromatic rings. The number of para-hydroxylation sites is 1. The SMILES string of the molecule is Cc1cc(F)c(C2c3[nH]c4ccccc4c3CCCN2S(C)=O)c(F)c1. The molecule has 0 radical (unpaired) electrons. The van der Waals surface area contributed by atoms with E-state index in [-0.39, 0.29) is 5.56 Å². The van der Waals surface area contributed by atoms with Crippen LogP contribution in [0, 0.1) is 18.6 Å². The van der Waals surface area contributed by atoms with Gasteiger partial charge in [0.1, 0.15) is 11.6 Å². The van der Waals surface area contributed by atoms with Gasteiger partial charge in [0, 0.05) is 35.0 Å². The number of fused-ring (bicyclic) bond motifs is 3. The van der Waals surface area contributed by atoms with Crippen LogP contribution in [-0.2, 0) is 17.4 Å². The summed E-state index contributed by atoms with van der Waals surface area (Å²) in [5, 5.41) is 1.06. The van der Waals surface area contributed by atoms with Gasteiger partial charge in [-0.1, -0.05) is 18.2 Å². The second-order valence-electron chi connectivity index (χ2n) is 6.78. The van der Waals surface area contributed by atoms with Gasteiger partial charge in [-0.25, -0.2) is 17.3 Å². The Labute approximate surface area is 153 Å². The molecule has 2 atom stereocenters. The Bertz CT molecular complexity index is 991. The lowest BCUT2D eigenvalue weighted by atomic mass is 9.97. The van der Waals surface area contributed by atoms with Crippen molar-refractivity contribution in [3.63, 3.8) is 0 Å². The van der Waals surface area contributed by atoms with Crippen LogP contribution in [0.4, 0.5) is 8.78 Å². The predicted octanol–water partition coefficient (Wildman–Crippen LogP) is 4.39. The topological polar surface area (TPSA) is 36.1 Å². The number of nitrogens with one attached hydrogen (secondary N) is 1. The molecule has 26 heavy (non-hydrogen) atoms. The van der Waals surface area contributed by atoms with Crippen LogP contribution in [0.25, 0.3) is 10.9 Å². The fourth-order valence-electron chi connectivity index (χ4n) is 3.95. The number of hydrogen-bond acceptors (Lipinski definition) is 1. The molecule has 2 heterocycles. The highest BCUT2D eigenvalue weighted by molar-refractivity contribution is 7.81. The molecule has 0 amide bonds. The molecule has 3 nitrogen and oxygen atoms in total. The number of H-pyrrole nitrogens is 1. The molecule has 4 rings (SSSR count). The Morgan fingerprint density at radius 3 is 2.58 bits per heavy atom. The Kier molecular flexibility index (Phi) is 4.40. The second kappa shape index (κ2) is 6.59. The molecule has 0 saturated carbocycles. The molecule has 0 spiro atoms. The zero-order valence-corrected chi connectivity index (χ0v) is 15.5. The van der Waals surface area contributed by atoms with Gasteiger partial charge in [-0.3, -0.25) is 0 Å². The third-order valence-electron chi connectivity index (χ3n) is 5.04. The van der Waals surface area contributed by atoms with E-state index in [1.54, 1.807) is 17.5 Å². The summed E-state index contributed by atoms with van der Waals surface area (Å²) in [6.07, 6.45) is 3.11. The maximum atomic E-state index is 14.8. The summed E-state index contributed by atoms with van der Waals surface area (Å²) in [5.74, 6) is -1.20. The van der Waals surface area contributed by atoms with E-state index < -0.39 is 28.7 Å². The van der Waals surface area contributed by atoms with E-state index in [1.165, 1.54) is 12.1 Å². The highest BCUT2D eigenvalue weighted by Gasteiger charge is 2.35. The highest BCUT2D eigenvalue weighted by Crippen LogP contribution is 2.40. The maximum absolute atomic E-state index is 14.8. The monoisotopic (exact) mass is 374 g/mol. The average Bonchev–Trinajstić information content (AvgIpc) is 2.83. The van der Waals surface area contributed by atoms with Crippen molar-refractivity contribution in [1.82, 2.24) is 9.29 Å². The molecule has 1 aliphatic rings. The van der Waals surface area contributed by atoms with Gasteiger partial charge in [-0.2, -0.15) is 0 Å². The lowest BCUT2D eigenvalue weighted by molar-refractivity contribution is 0.366. The smallest absolute Gasteiger partial charge is 0.131 e. The Balaban J connectivity index is 2.02. The van der Waals surface area contributed by atoms with E-state index in [4.69, 9.17) is 0 Å². The molecule has 0 saturated heterocycles. The van der Waals surface area contributed by atoms with Crippen LogP contribution in [0.5, 0.6) is 0 Å². The van der Waals surface area contributed by atoms with Gasteiger partial charge in [0.2, 0.25) is 0 Å². The van der Waals surface area contributed by atoms with Gasteiger partial charge in [0.25, 0.3) is 0 Å². The molecule has 0 bridgehead atoms. The fraction of sp³-hybridized carbons (Fsp3) is 0.300. The number of aryl methyl sites for hydroxylation is 2. The molecule has 1 aromatic heterocycles. The summed E-state index contributed by atoms with van der Waals surface area (Å²) < 4.78 is 43.8. The van der Waals surface area contributed by atoms with Gasteiger partial charge in [-0.05, 0) is 49.1 Å². The van der Waals surface area contributed by atoms with Crippen molar-refractivity contribution in [2.75, 3.05) is 12.8 Å². The molecule has 1 aliphatic heterocycles. The van der Waals surface area contributed by atoms with Crippen LogP contribution in [0.1, 0.15) is 34.8 Å². The van der Waals surface area contributed by atoms with Gasteiger partial charge in [-0.15, -0.1) is 0 Å². The zero-order chi connectivity index (χ0) is 18.4. The normalized spacial score (nSPS) is 19.3. The lowest BCUT2D eigenvalue weighted by Gasteiger charge is -2.28. The highest BCUT2D eigenvalue weighted by atomic mass is 32.2. The van der Waals surface area contributed by atoms with Gasteiger partial charge >= 0.3 is 0 Å². The van der Waals surface area contributed by atoms with E-state index in [9.17, 15) is 13.0 Å². The van der Waals surface area contributed by atoms with Crippen LogP contribution >= 0.6 is 0 Å². The van der Waals surface area contributed by atoms with E-state index in [2.05, 4.69) is 4.98 Å². The summed E-state index contributed by atoms with van der Waals surface area (Å²) in [6.45, 7) is 2.17. The van der Waals surface area contributed by atoms with Crippen molar-refractivity contribution in [2.24, 2.45) is 0 Å². The molecule has 2 unspecified atom stereocenters. The number of aromatic nitrogens is 1. The van der Waals surface area contributed by atoms with Crippen molar-refractivity contribution in [2.45, 2.75) is 25.8 Å². The molecular formula is C20H20F2N2OS. The van der Waals surface area contributed by atoms with E-state index >= 15 is 0 Å². The first-order valence-corrected chi connectivity index (χ1v) is 10.1. The molecule has 2 aromatic carbocycles. The second-order valence-corrected chi connectivity index (χ2v) is 8.09. The lowest BCUT2D eigenvalue weighted by Crippen LogP contribution is -2.32. The minimum absolute atomic E-state index is 0.0412. The third-order valence-corrected chi connectivity index (χ3v) is 6.09. The van der Waals surface area contributed by atoms with Crippen LogP contribution in [0.2, 0.25) is 0 Å². The van der Waals surface area contributed by atoms with Crippen molar-refractivity contribution in [3.8, 4) is 0 Å². The Hall–Kier alpha value is -2.05. The molecule has 136 valence electrons. The first-order valence-electron chi connectivity index (χ1n) is 8.62. The molecule has 0 fully saturated rings. The summed E-state index contributed by atoms with van der Waals surface area (Å²) >= 11 is 0. The number of nitrogens with zero attached hydrogens (tertiary/aromatic N) is 1. The Morgan fingerprint density at radius 1 is 1.19 bits per heavy atom. The van der Waals surface area contributed by atoms with Gasteiger partial charge in [0.05, 0.1) is 17.0 Å².